The van der Waals surface area contributed by atoms with Crippen molar-refractivity contribution in [2.24, 2.45) is 0 Å². The highest BCUT2D eigenvalue weighted by Crippen LogP contribution is 2.36. The molecule has 4 nitrogen and oxygen atoms in total. The summed E-state index contributed by atoms with van der Waals surface area (Å²) in [5, 5.41) is 5.45. The van der Waals surface area contributed by atoms with Gasteiger partial charge in [-0.2, -0.15) is 5.10 Å². The van der Waals surface area contributed by atoms with Crippen LogP contribution in [-0.2, 0) is 0 Å². The lowest BCUT2D eigenvalue weighted by molar-refractivity contribution is 0.0983. The molecule has 2 heterocycles. The third-order valence-corrected chi connectivity index (χ3v) is 4.96. The van der Waals surface area contributed by atoms with Gasteiger partial charge in [-0.3, -0.25) is 4.79 Å². The van der Waals surface area contributed by atoms with Crippen LogP contribution in [0, 0.1) is 0 Å². The van der Waals surface area contributed by atoms with Crippen molar-refractivity contribution >= 4 is 34.8 Å². The maximum atomic E-state index is 12.9. The van der Waals surface area contributed by atoms with E-state index in [4.69, 9.17) is 23.2 Å². The highest BCUT2D eigenvalue weighted by atomic mass is 35.5. The van der Waals surface area contributed by atoms with Crippen molar-refractivity contribution in [3.05, 3.63) is 76.0 Å². The van der Waals surface area contributed by atoms with E-state index in [9.17, 15) is 4.79 Å². The van der Waals surface area contributed by atoms with Crippen LogP contribution in [0.1, 0.15) is 28.9 Å². The summed E-state index contributed by atoms with van der Waals surface area (Å²) in [5.41, 5.74) is 3.21. The van der Waals surface area contributed by atoms with Gasteiger partial charge >= 0.3 is 0 Å². The normalized spacial score (nSPS) is 16.1. The zero-order chi connectivity index (χ0) is 17.6. The summed E-state index contributed by atoms with van der Waals surface area (Å²) in [6, 6.07) is 14.9. The minimum absolute atomic E-state index is 0.111. The Balaban J connectivity index is 1.66. The average Bonchev–Trinajstić information content (AvgIpc) is 3.20. The summed E-state index contributed by atoms with van der Waals surface area (Å²) in [4.78, 5) is 14.7. The Labute approximate surface area is 155 Å². The highest BCUT2D eigenvalue weighted by molar-refractivity contribution is 6.35. The van der Waals surface area contributed by atoms with Gasteiger partial charge in [0.15, 0.2) is 5.69 Å². The van der Waals surface area contributed by atoms with E-state index in [1.165, 1.54) is 5.56 Å². The van der Waals surface area contributed by atoms with Crippen molar-refractivity contribution in [2.45, 2.75) is 12.8 Å². The van der Waals surface area contributed by atoms with Gasteiger partial charge in [-0.25, -0.2) is 4.68 Å². The predicted octanol–water partition coefficient (Wildman–Crippen LogP) is 4.94. The van der Waals surface area contributed by atoms with E-state index in [1.807, 2.05) is 18.2 Å². The molecule has 0 saturated carbocycles. The Bertz CT molecular complexity index is 967. The molecular formula is C19H15Cl2N3O. The van der Waals surface area contributed by atoms with Crippen LogP contribution in [0.2, 0.25) is 10.0 Å². The minimum Gasteiger partial charge on any atom is -0.306 e. The fourth-order valence-electron chi connectivity index (χ4n) is 3.19. The molecule has 0 fully saturated rings. The zero-order valence-electron chi connectivity index (χ0n) is 13.5. The van der Waals surface area contributed by atoms with E-state index in [2.05, 4.69) is 18.1 Å². The van der Waals surface area contributed by atoms with Crippen LogP contribution in [0.5, 0.6) is 0 Å². The van der Waals surface area contributed by atoms with Crippen LogP contribution in [0.4, 0.5) is 5.69 Å². The highest BCUT2D eigenvalue weighted by Gasteiger charge is 2.31. The van der Waals surface area contributed by atoms with Crippen LogP contribution in [-0.4, -0.2) is 22.2 Å². The second-order valence-corrected chi connectivity index (χ2v) is 6.96. The Hall–Kier alpha value is -2.30. The van der Waals surface area contributed by atoms with Crippen LogP contribution < -0.4 is 4.90 Å². The number of hydrogen-bond donors (Lipinski definition) is 0. The lowest BCUT2D eigenvalue weighted by Gasteiger charge is -2.16. The summed E-state index contributed by atoms with van der Waals surface area (Å²) < 4.78 is 1.59. The quantitative estimate of drug-likeness (QED) is 0.639. The van der Waals surface area contributed by atoms with Gasteiger partial charge in [-0.1, -0.05) is 48.3 Å². The largest absolute Gasteiger partial charge is 0.306 e. The fourth-order valence-corrected chi connectivity index (χ4v) is 3.69. The molecule has 0 radical (unpaired) electrons. The average molecular weight is 372 g/mol. The van der Waals surface area contributed by atoms with Gasteiger partial charge in [0.05, 0.1) is 10.7 Å². The molecule has 4 rings (SSSR count). The molecule has 0 N–H and O–H groups in total. The van der Waals surface area contributed by atoms with E-state index in [-0.39, 0.29) is 5.91 Å². The van der Waals surface area contributed by atoms with Crippen molar-refractivity contribution < 1.29 is 4.79 Å². The van der Waals surface area contributed by atoms with Crippen LogP contribution >= 0.6 is 23.2 Å². The van der Waals surface area contributed by atoms with Crippen molar-refractivity contribution in [1.29, 1.82) is 0 Å². The number of carbonyl (C=O) groups excluding carboxylic acids is 1. The number of aromatic nitrogens is 2. The van der Waals surface area contributed by atoms with E-state index >= 15 is 0 Å². The smallest absolute Gasteiger partial charge is 0.278 e. The summed E-state index contributed by atoms with van der Waals surface area (Å²) in [6.07, 6.45) is 1.73. The minimum atomic E-state index is -0.111. The molecule has 0 spiro atoms. The summed E-state index contributed by atoms with van der Waals surface area (Å²) in [5.74, 6) is 0.202. The Morgan fingerprint density at radius 3 is 2.72 bits per heavy atom. The fraction of sp³-hybridized carbons (Fsp3) is 0.158. The molecule has 1 aromatic heterocycles. The molecule has 0 saturated heterocycles. The molecule has 1 amide bonds. The maximum Gasteiger partial charge on any atom is 0.278 e. The first-order valence-electron chi connectivity index (χ1n) is 7.96. The standard InChI is InChI=1S/C19H15Cl2N3O/c1-12-11-23(17-5-3-2-4-14(12)17)19(25)16-8-9-24(22-16)18-7-6-13(20)10-15(18)21/h2-10,12H,11H2,1H3. The predicted molar refractivity (Wildman–Crippen MR) is 100 cm³/mol. The summed E-state index contributed by atoms with van der Waals surface area (Å²) >= 11 is 12.2. The van der Waals surface area contributed by atoms with Crippen molar-refractivity contribution in [3.8, 4) is 5.69 Å². The number of para-hydroxylation sites is 1. The topological polar surface area (TPSA) is 38.1 Å². The van der Waals surface area contributed by atoms with Crippen molar-refractivity contribution in [3.63, 3.8) is 0 Å². The number of amides is 1. The molecule has 126 valence electrons. The molecule has 1 atom stereocenters. The van der Waals surface area contributed by atoms with Gasteiger partial charge in [-0.15, -0.1) is 0 Å². The van der Waals surface area contributed by atoms with E-state index in [1.54, 1.807) is 40.0 Å². The van der Waals surface area contributed by atoms with E-state index in [0.29, 0.717) is 33.9 Å². The van der Waals surface area contributed by atoms with Crippen molar-refractivity contribution in [1.82, 2.24) is 9.78 Å². The molecule has 1 unspecified atom stereocenters. The molecule has 0 aliphatic carbocycles. The first kappa shape index (κ1) is 16.2. The number of benzene rings is 2. The number of halogens is 2. The van der Waals surface area contributed by atoms with Gasteiger partial charge in [0.2, 0.25) is 0 Å². The molecule has 2 aromatic carbocycles. The SMILES string of the molecule is CC1CN(C(=O)c2ccn(-c3ccc(Cl)cc3Cl)n2)c2ccccc21. The zero-order valence-corrected chi connectivity index (χ0v) is 15.0. The third-order valence-electron chi connectivity index (χ3n) is 4.42. The maximum absolute atomic E-state index is 12.9. The van der Waals surface area contributed by atoms with Crippen LogP contribution in [0.15, 0.2) is 54.7 Å². The first-order chi connectivity index (χ1) is 12.0. The van der Waals surface area contributed by atoms with Crippen LogP contribution in [0.25, 0.3) is 5.69 Å². The molecule has 25 heavy (non-hydrogen) atoms. The second kappa shape index (κ2) is 6.21. The summed E-state index contributed by atoms with van der Waals surface area (Å²) in [7, 11) is 0. The number of anilines is 1. The van der Waals surface area contributed by atoms with Crippen LogP contribution in [0.3, 0.4) is 0 Å². The molecule has 1 aliphatic heterocycles. The Morgan fingerprint density at radius 1 is 1.12 bits per heavy atom. The molecule has 3 aromatic rings. The van der Waals surface area contributed by atoms with Crippen molar-refractivity contribution in [2.75, 3.05) is 11.4 Å². The summed E-state index contributed by atoms with van der Waals surface area (Å²) in [6.45, 7) is 2.78. The number of carbonyl (C=O) groups is 1. The Kier molecular flexibility index (Phi) is 4.02. The van der Waals surface area contributed by atoms with Gasteiger partial charge in [0.25, 0.3) is 5.91 Å². The van der Waals surface area contributed by atoms with Gasteiger partial charge in [0, 0.05) is 29.4 Å². The molecule has 6 heteroatoms. The van der Waals surface area contributed by atoms with E-state index < -0.39 is 0 Å². The lowest BCUT2D eigenvalue weighted by Crippen LogP contribution is -2.30. The molecule has 1 aliphatic rings. The van der Waals surface area contributed by atoms with Gasteiger partial charge in [-0.05, 0) is 35.9 Å². The molecule has 0 bridgehead atoms. The number of rotatable bonds is 2. The van der Waals surface area contributed by atoms with Gasteiger partial charge < -0.3 is 4.90 Å². The number of nitrogens with zero attached hydrogens (tertiary/aromatic N) is 3. The number of hydrogen-bond acceptors (Lipinski definition) is 2. The van der Waals surface area contributed by atoms with E-state index in [0.717, 1.165) is 5.69 Å². The number of fused-ring (bicyclic) bond motifs is 1. The van der Waals surface area contributed by atoms with Gasteiger partial charge in [0.1, 0.15) is 0 Å². The molecular weight excluding hydrogens is 357 g/mol. The lowest BCUT2D eigenvalue weighted by atomic mass is 10.0. The Morgan fingerprint density at radius 2 is 1.92 bits per heavy atom. The monoisotopic (exact) mass is 371 g/mol. The third kappa shape index (κ3) is 2.81. The first-order valence-corrected chi connectivity index (χ1v) is 8.72. The second-order valence-electron chi connectivity index (χ2n) is 6.12.